The molecule has 3 N–H and O–H groups in total. The number of piperidine rings is 2. The van der Waals surface area contributed by atoms with E-state index in [1.807, 2.05) is 87.1 Å². The molecule has 6 saturated heterocycles. The number of hydrogen-bond donors (Lipinski definition) is 3. The molecule has 788 valence electrons. The van der Waals surface area contributed by atoms with Crippen LogP contribution in [0.1, 0.15) is 167 Å². The Labute approximate surface area is 832 Å². The third kappa shape index (κ3) is 32.0. The van der Waals surface area contributed by atoms with E-state index < -0.39 is 120 Å². The standard InChI is InChI=1S/C18H24N2O6S.C18H24N2O5S.2C17H22N2O6S.C16H22N2O6S2.5C2H6/c1-27(24,25)20-12-14(26-16-5-3-2-4-15(16)20)6-7-17(21)19-10-8-13(9-11-19)18(22)23;1-13-15(7-8-17(21)19-9-18(10-19)11-24-12-18)25-16-6-4-3-5-14(16)20(13)26(2,22)23;1-11-14(7-8-16(20)18-9-12(10-18)17(21)22)25-15-6-4-3-5-13(15)19(11)26(2,23)24;1-26(23,24)19-11-13(25-15-5-3-2-4-14(15)19)10-16(20)18-8-6-12(7-9-18)17(21)22;1-25(20,21)18-12-13(24-15-5-3-2-4-14(15)18)6-7-16(19)17-8-10-26(22,23)11-9-17;5*1-2/h2-5,13-14H,6-12H2,1H3,(H,22,23);3-6,13,15H,7-12H2,1-2H3;3-6,11-12,14H,7-10H2,1-2H3,(H,21,22);2-5,12-13H,6-11H2,1H3,(H,21,22);2-5,13H,6-12H2,1H3;5*1-2H3/t;13-,15?;11-,14?;;;;;;;/m.11......./s1. The molecule has 5 aromatic carbocycles. The van der Waals surface area contributed by atoms with Crippen molar-refractivity contribution in [2.24, 2.45) is 23.2 Å². The van der Waals surface area contributed by atoms with Crippen LogP contribution in [0.3, 0.4) is 0 Å². The topological polar surface area (TPSA) is 490 Å². The van der Waals surface area contributed by atoms with Crippen LogP contribution in [0, 0.1) is 23.2 Å². The van der Waals surface area contributed by atoms with E-state index in [0.29, 0.717) is 141 Å². The maximum atomic E-state index is 12.5. The van der Waals surface area contributed by atoms with Crippen LogP contribution >= 0.6 is 0 Å². The van der Waals surface area contributed by atoms with E-state index in [4.69, 9.17) is 43.7 Å². The van der Waals surface area contributed by atoms with Gasteiger partial charge in [0.25, 0.3) is 0 Å². The quantitative estimate of drug-likeness (QED) is 0.0580. The molecule has 7 atom stereocenters. The molecule has 5 unspecified atom stereocenters. The zero-order valence-corrected chi connectivity index (χ0v) is 88.8. The zero-order chi connectivity index (χ0) is 105. The minimum absolute atomic E-state index is 0.00605. The number of carbonyl (C=O) groups excluding carboxylic acids is 5. The van der Waals surface area contributed by atoms with Crippen molar-refractivity contribution < 1.29 is 133 Å². The first-order chi connectivity index (χ1) is 66.6. The number of hydrogen-bond acceptors (Lipinski definition) is 26. The van der Waals surface area contributed by atoms with Gasteiger partial charge in [-0.3, -0.25) is 59.9 Å². The number of carboxylic acids is 3. The molecule has 0 radical (unpaired) electrons. The molecule has 141 heavy (non-hydrogen) atoms. The number of likely N-dealkylation sites (tertiary alicyclic amines) is 4. The van der Waals surface area contributed by atoms with Gasteiger partial charge in [-0.1, -0.05) is 130 Å². The van der Waals surface area contributed by atoms with E-state index in [9.17, 15) is 88.9 Å². The number of nitrogens with zero attached hydrogens (tertiary/aromatic N) is 10. The number of benzene rings is 5. The summed E-state index contributed by atoms with van der Waals surface area (Å²) in [4.78, 5) is 103. The van der Waals surface area contributed by atoms with Gasteiger partial charge in [0.2, 0.25) is 79.7 Å². The average molecular weight is 2090 g/mol. The third-order valence-electron chi connectivity index (χ3n) is 24.8. The van der Waals surface area contributed by atoms with Gasteiger partial charge in [0.1, 0.15) is 59.3 Å². The predicted octanol–water partition coefficient (Wildman–Crippen LogP) is 9.79. The highest BCUT2D eigenvalue weighted by molar-refractivity contribution is 7.93. The average Bonchev–Trinajstić information content (AvgIpc) is 0.762. The molecule has 0 aliphatic carbocycles. The van der Waals surface area contributed by atoms with Crippen LogP contribution in [-0.2, 0) is 103 Å². The Hall–Kier alpha value is -10.5. The third-order valence-corrected chi connectivity index (χ3v) is 32.4. The maximum absolute atomic E-state index is 12.5. The summed E-state index contributed by atoms with van der Waals surface area (Å²) >= 11 is 0. The van der Waals surface area contributed by atoms with Crippen molar-refractivity contribution >= 4 is 136 Å². The Morgan fingerprint density at radius 1 is 0.340 bits per heavy atom. The van der Waals surface area contributed by atoms with Crippen molar-refractivity contribution in [3.8, 4) is 28.7 Å². The number of amides is 5. The summed E-state index contributed by atoms with van der Waals surface area (Å²) in [5, 5.41) is 26.9. The summed E-state index contributed by atoms with van der Waals surface area (Å²) in [7, 11) is -20.3. The van der Waals surface area contributed by atoms with E-state index in [2.05, 4.69) is 0 Å². The Morgan fingerprint density at radius 3 is 0.929 bits per heavy atom. The van der Waals surface area contributed by atoms with Crippen molar-refractivity contribution in [3.05, 3.63) is 121 Å². The summed E-state index contributed by atoms with van der Waals surface area (Å²) in [5.74, 6) is -1.74. The van der Waals surface area contributed by atoms with Gasteiger partial charge in [-0.15, -0.1) is 0 Å². The lowest BCUT2D eigenvalue weighted by molar-refractivity contribution is -0.195. The van der Waals surface area contributed by atoms with Crippen LogP contribution in [0.5, 0.6) is 28.7 Å². The van der Waals surface area contributed by atoms with Gasteiger partial charge < -0.3 is 68.2 Å². The molecular weight excluding hydrogens is 1950 g/mol. The molecule has 11 heterocycles. The minimum Gasteiger partial charge on any atom is -0.486 e. The number of rotatable bonds is 22. The second kappa shape index (κ2) is 52.7. The number of para-hydroxylation sites is 10. The molecule has 16 rings (SSSR count). The smallest absolute Gasteiger partial charge is 0.310 e. The first-order valence-electron chi connectivity index (χ1n) is 48.2. The lowest BCUT2D eigenvalue weighted by Gasteiger charge is -2.55. The van der Waals surface area contributed by atoms with E-state index >= 15 is 0 Å². The molecule has 0 saturated carbocycles. The zero-order valence-electron chi connectivity index (χ0n) is 83.9. The maximum Gasteiger partial charge on any atom is 0.310 e. The number of carboxylic acid groups (broad SMARTS) is 3. The molecule has 6 fully saturated rings. The fourth-order valence-corrected chi connectivity index (χ4v) is 24.1. The normalized spacial score (nSPS) is 21.3. The highest BCUT2D eigenvalue weighted by Crippen LogP contribution is 2.44. The van der Waals surface area contributed by atoms with Crippen molar-refractivity contribution in [2.75, 3.05) is 163 Å². The summed E-state index contributed by atoms with van der Waals surface area (Å²) in [5.41, 5.74) is 2.74. The Morgan fingerprint density at radius 2 is 0.617 bits per heavy atom. The van der Waals surface area contributed by atoms with Crippen LogP contribution in [0.2, 0.25) is 0 Å². The first kappa shape index (κ1) is 117. The van der Waals surface area contributed by atoms with Crippen molar-refractivity contribution in [2.45, 2.75) is 209 Å². The Bertz CT molecular complexity index is 5760. The van der Waals surface area contributed by atoms with Crippen LogP contribution in [0.15, 0.2) is 121 Å². The van der Waals surface area contributed by atoms with E-state index in [0.717, 1.165) is 51.3 Å². The molecule has 0 aromatic heterocycles. The predicted molar refractivity (Wildman–Crippen MR) is 539 cm³/mol. The molecule has 5 amide bonds. The molecule has 39 nitrogen and oxygen atoms in total. The number of anilines is 5. The monoisotopic (exact) mass is 2090 g/mol. The molecule has 11 aliphatic rings. The van der Waals surface area contributed by atoms with E-state index in [-0.39, 0.29) is 136 Å². The van der Waals surface area contributed by atoms with Gasteiger partial charge in [-0.2, -0.15) is 0 Å². The summed E-state index contributed by atoms with van der Waals surface area (Å²) in [6.07, 6.45) is 7.98. The molecule has 5 aromatic rings. The van der Waals surface area contributed by atoms with Crippen LogP contribution in [0.25, 0.3) is 0 Å². The number of sulfonamides is 5. The molecule has 11 aliphatic heterocycles. The number of fused-ring (bicyclic) bond motifs is 5. The van der Waals surface area contributed by atoms with Gasteiger partial charge >= 0.3 is 17.9 Å². The molecular formula is C96H144N10O29S6. The van der Waals surface area contributed by atoms with Crippen LogP contribution in [0.4, 0.5) is 28.4 Å². The van der Waals surface area contributed by atoms with Crippen LogP contribution < -0.4 is 45.2 Å². The van der Waals surface area contributed by atoms with Crippen molar-refractivity contribution in [3.63, 3.8) is 0 Å². The molecule has 1 spiro atoms. The fourth-order valence-electron chi connectivity index (χ4n) is 17.6. The second-order valence-electron chi connectivity index (χ2n) is 34.8. The number of ether oxygens (including phenoxy) is 6. The Balaban J connectivity index is 0.000000234. The highest BCUT2D eigenvalue weighted by atomic mass is 32.2. The number of carbonyl (C=O) groups is 8. The Kier molecular flexibility index (Phi) is 43.9. The lowest BCUT2D eigenvalue weighted by atomic mass is 9.78. The van der Waals surface area contributed by atoms with Gasteiger partial charge in [-0.05, 0) is 126 Å². The summed E-state index contributed by atoms with van der Waals surface area (Å²) < 4.78 is 186. The van der Waals surface area contributed by atoms with Crippen LogP contribution in [-0.4, -0.2) is 321 Å². The molecule has 0 bridgehead atoms. The lowest BCUT2D eigenvalue weighted by Crippen LogP contribution is -2.67. The minimum atomic E-state index is -3.49. The summed E-state index contributed by atoms with van der Waals surface area (Å²) in [6, 6.07) is 33.9. The van der Waals surface area contributed by atoms with Crippen molar-refractivity contribution in [1.29, 1.82) is 0 Å². The first-order valence-corrected chi connectivity index (χ1v) is 59.3. The van der Waals surface area contributed by atoms with Gasteiger partial charge in [0.05, 0.1) is 146 Å². The van der Waals surface area contributed by atoms with Crippen molar-refractivity contribution in [1.82, 2.24) is 24.5 Å². The largest absolute Gasteiger partial charge is 0.486 e. The molecule has 45 heteroatoms. The summed E-state index contributed by atoms with van der Waals surface area (Å²) in [6.45, 7) is 29.6. The van der Waals surface area contributed by atoms with Gasteiger partial charge in [-0.25, -0.2) is 50.5 Å². The SMILES string of the molecule is CC.CC.CC.CC.CC.CS(=O)(=O)N1CC(CC(=O)N2CCC(C(=O)O)CC2)Oc2ccccc21.CS(=O)(=O)N1CC(CCC(=O)N2CCC(C(=O)O)CC2)Oc2ccccc21.CS(=O)(=O)N1CC(CCC(=O)N2CCS(=O)(=O)CC2)Oc2ccccc21.C[C@@H]1C(CCC(=O)N2CC(C(=O)O)C2)Oc2ccccc2N1S(C)(=O)=O.C[C@@H]1C(CCC(=O)N2CC3(COC3)C2)Oc2ccccc2N1S(C)(=O)=O. The highest BCUT2D eigenvalue weighted by Gasteiger charge is 2.51. The van der Waals surface area contributed by atoms with E-state index in [1.54, 1.807) is 137 Å². The fraction of sp³-hybridized carbons (Fsp3) is 0.604. The number of sulfone groups is 1. The second-order valence-corrected chi connectivity index (χ2v) is 46.5. The van der Waals surface area contributed by atoms with Gasteiger partial charge in [0, 0.05) is 91.1 Å². The van der Waals surface area contributed by atoms with E-state index in [1.165, 1.54) is 32.7 Å². The number of aliphatic carboxylic acids is 3. The van der Waals surface area contributed by atoms with Gasteiger partial charge in [0.15, 0.2) is 9.84 Å².